The third-order valence-corrected chi connectivity index (χ3v) is 4.60. The Morgan fingerprint density at radius 2 is 2.05 bits per heavy atom. The van der Waals surface area contributed by atoms with Crippen molar-refractivity contribution in [3.05, 3.63) is 35.4 Å². The molecule has 2 rings (SSSR count). The van der Waals surface area contributed by atoms with Gasteiger partial charge in [-0.05, 0) is 42.9 Å². The molecule has 1 aliphatic rings. The summed E-state index contributed by atoms with van der Waals surface area (Å²) >= 11 is 0. The summed E-state index contributed by atoms with van der Waals surface area (Å²) in [6, 6.07) is 3.40. The second-order valence-electron chi connectivity index (χ2n) is 6.17. The zero-order valence-corrected chi connectivity index (χ0v) is 12.7. The van der Waals surface area contributed by atoms with Crippen molar-refractivity contribution >= 4 is 0 Å². The second kappa shape index (κ2) is 6.81. The highest BCUT2D eigenvalue weighted by molar-refractivity contribution is 5.20. The summed E-state index contributed by atoms with van der Waals surface area (Å²) in [6.45, 7) is 2.20. The number of methoxy groups -OCH3 is 1. The third kappa shape index (κ3) is 3.78. The van der Waals surface area contributed by atoms with E-state index in [1.54, 1.807) is 7.11 Å². The van der Waals surface area contributed by atoms with E-state index in [1.807, 2.05) is 0 Å². The first-order valence-electron chi connectivity index (χ1n) is 7.45. The average molecular weight is 298 g/mol. The normalized spacial score (nSPS) is 27.6. The number of ether oxygens (including phenoxy) is 1. The van der Waals surface area contributed by atoms with Gasteiger partial charge < -0.3 is 4.74 Å². The van der Waals surface area contributed by atoms with Crippen LogP contribution in [0.4, 0.5) is 8.78 Å². The van der Waals surface area contributed by atoms with Gasteiger partial charge in [0.15, 0.2) is 0 Å². The molecule has 3 unspecified atom stereocenters. The molecule has 1 saturated carbocycles. The lowest BCUT2D eigenvalue weighted by Crippen LogP contribution is -2.57. The van der Waals surface area contributed by atoms with Crippen LogP contribution in [0.2, 0.25) is 0 Å². The van der Waals surface area contributed by atoms with E-state index in [2.05, 4.69) is 12.3 Å². The molecule has 5 heteroatoms. The standard InChI is InChI=1S/C16H24F2N2O/c1-11-4-3-5-16(10-11,21-2)15(20-19)8-12-6-13(17)9-14(18)7-12/h6-7,9,11,15,20H,3-5,8,10,19H2,1-2H3. The average Bonchev–Trinajstić information content (AvgIpc) is 2.43. The summed E-state index contributed by atoms with van der Waals surface area (Å²) in [5.41, 5.74) is 3.01. The number of hydrogen-bond acceptors (Lipinski definition) is 3. The Morgan fingerprint density at radius 1 is 1.38 bits per heavy atom. The lowest BCUT2D eigenvalue weighted by Gasteiger charge is -2.44. The highest BCUT2D eigenvalue weighted by atomic mass is 19.1. The van der Waals surface area contributed by atoms with Crippen molar-refractivity contribution in [3.8, 4) is 0 Å². The molecule has 0 spiro atoms. The first kappa shape index (κ1) is 16.3. The van der Waals surface area contributed by atoms with Crippen molar-refractivity contribution in [1.29, 1.82) is 0 Å². The minimum Gasteiger partial charge on any atom is -0.377 e. The van der Waals surface area contributed by atoms with Gasteiger partial charge in [-0.25, -0.2) is 8.78 Å². The van der Waals surface area contributed by atoms with Crippen molar-refractivity contribution in [2.45, 2.75) is 50.7 Å². The summed E-state index contributed by atoms with van der Waals surface area (Å²) in [4.78, 5) is 0. The van der Waals surface area contributed by atoms with Gasteiger partial charge in [-0.2, -0.15) is 0 Å². The number of hydrogen-bond donors (Lipinski definition) is 2. The molecule has 21 heavy (non-hydrogen) atoms. The molecule has 0 aliphatic heterocycles. The molecule has 3 nitrogen and oxygen atoms in total. The maximum absolute atomic E-state index is 13.3. The molecule has 0 aromatic heterocycles. The number of halogens is 2. The molecular formula is C16H24F2N2O. The molecule has 0 bridgehead atoms. The summed E-state index contributed by atoms with van der Waals surface area (Å²) in [6.07, 6.45) is 4.49. The summed E-state index contributed by atoms with van der Waals surface area (Å²) in [7, 11) is 1.69. The summed E-state index contributed by atoms with van der Waals surface area (Å²) < 4.78 is 32.5. The van der Waals surface area contributed by atoms with Crippen molar-refractivity contribution in [3.63, 3.8) is 0 Å². The molecule has 3 atom stereocenters. The fourth-order valence-corrected chi connectivity index (χ4v) is 3.55. The van der Waals surface area contributed by atoms with E-state index in [0.717, 1.165) is 25.3 Å². The van der Waals surface area contributed by atoms with Gasteiger partial charge in [0, 0.05) is 13.2 Å². The quantitative estimate of drug-likeness (QED) is 0.649. The molecule has 1 aliphatic carbocycles. The van der Waals surface area contributed by atoms with Crippen LogP contribution in [0, 0.1) is 17.6 Å². The highest BCUT2D eigenvalue weighted by Gasteiger charge is 2.41. The first-order valence-corrected chi connectivity index (χ1v) is 7.45. The lowest BCUT2D eigenvalue weighted by atomic mass is 9.73. The van der Waals surface area contributed by atoms with Crippen molar-refractivity contribution < 1.29 is 13.5 Å². The van der Waals surface area contributed by atoms with Crippen LogP contribution in [-0.4, -0.2) is 18.8 Å². The number of rotatable bonds is 5. The van der Waals surface area contributed by atoms with Crippen LogP contribution in [0.25, 0.3) is 0 Å². The minimum atomic E-state index is -0.566. The maximum Gasteiger partial charge on any atom is 0.126 e. The van der Waals surface area contributed by atoms with Crippen LogP contribution in [0.1, 0.15) is 38.2 Å². The van der Waals surface area contributed by atoms with E-state index < -0.39 is 11.6 Å². The van der Waals surface area contributed by atoms with Crippen molar-refractivity contribution in [2.24, 2.45) is 11.8 Å². The molecule has 118 valence electrons. The van der Waals surface area contributed by atoms with Crippen LogP contribution < -0.4 is 11.3 Å². The molecule has 0 radical (unpaired) electrons. The number of benzene rings is 1. The van der Waals surface area contributed by atoms with Gasteiger partial charge in [0.25, 0.3) is 0 Å². The zero-order valence-electron chi connectivity index (χ0n) is 12.7. The second-order valence-corrected chi connectivity index (χ2v) is 6.17. The van der Waals surface area contributed by atoms with Gasteiger partial charge in [-0.1, -0.05) is 19.8 Å². The third-order valence-electron chi connectivity index (χ3n) is 4.60. The Labute approximate surface area is 124 Å². The van der Waals surface area contributed by atoms with Gasteiger partial charge in [0.05, 0.1) is 11.6 Å². The molecule has 3 N–H and O–H groups in total. The smallest absolute Gasteiger partial charge is 0.126 e. The van der Waals surface area contributed by atoms with Gasteiger partial charge in [0.1, 0.15) is 11.6 Å². The Bertz CT molecular complexity index is 463. The van der Waals surface area contributed by atoms with Crippen molar-refractivity contribution in [1.82, 2.24) is 5.43 Å². The lowest BCUT2D eigenvalue weighted by molar-refractivity contribution is -0.0791. The van der Waals surface area contributed by atoms with E-state index >= 15 is 0 Å². The Morgan fingerprint density at radius 3 is 2.57 bits per heavy atom. The summed E-state index contributed by atoms with van der Waals surface area (Å²) in [5.74, 6) is 5.14. The molecular weight excluding hydrogens is 274 g/mol. The molecule has 1 fully saturated rings. The van der Waals surface area contributed by atoms with E-state index in [4.69, 9.17) is 10.6 Å². The maximum atomic E-state index is 13.3. The van der Waals surface area contributed by atoms with Crippen LogP contribution in [0.3, 0.4) is 0 Å². The van der Waals surface area contributed by atoms with E-state index in [1.165, 1.54) is 18.6 Å². The number of nitrogens with two attached hydrogens (primary N) is 1. The van der Waals surface area contributed by atoms with Crippen LogP contribution in [0.5, 0.6) is 0 Å². The van der Waals surface area contributed by atoms with Crippen molar-refractivity contribution in [2.75, 3.05) is 7.11 Å². The van der Waals surface area contributed by atoms with Crippen LogP contribution in [-0.2, 0) is 11.2 Å². The fourth-order valence-electron chi connectivity index (χ4n) is 3.55. The van der Waals surface area contributed by atoms with Gasteiger partial charge in [0.2, 0.25) is 0 Å². The fraction of sp³-hybridized carbons (Fsp3) is 0.625. The number of nitrogens with one attached hydrogen (secondary N) is 1. The molecule has 1 aromatic carbocycles. The van der Waals surface area contributed by atoms with Gasteiger partial charge in [-0.3, -0.25) is 11.3 Å². The van der Waals surface area contributed by atoms with Crippen LogP contribution in [0.15, 0.2) is 18.2 Å². The van der Waals surface area contributed by atoms with Gasteiger partial charge >= 0.3 is 0 Å². The first-order chi connectivity index (χ1) is 9.99. The SMILES string of the molecule is COC1(C(Cc2cc(F)cc(F)c2)NN)CCCC(C)C1. The largest absolute Gasteiger partial charge is 0.377 e. The minimum absolute atomic E-state index is 0.175. The van der Waals surface area contributed by atoms with Gasteiger partial charge in [-0.15, -0.1) is 0 Å². The molecule has 0 saturated heterocycles. The van der Waals surface area contributed by atoms with E-state index in [0.29, 0.717) is 17.9 Å². The monoisotopic (exact) mass is 298 g/mol. The Kier molecular flexibility index (Phi) is 5.30. The molecule has 1 aromatic rings. The zero-order chi connectivity index (χ0) is 15.5. The van der Waals surface area contributed by atoms with Crippen LogP contribution >= 0.6 is 0 Å². The summed E-state index contributed by atoms with van der Waals surface area (Å²) in [5, 5.41) is 0. The molecule has 0 heterocycles. The predicted octanol–water partition coefficient (Wildman–Crippen LogP) is 2.93. The Hall–Kier alpha value is -1.04. The van der Waals surface area contributed by atoms with E-state index in [9.17, 15) is 8.78 Å². The predicted molar refractivity (Wildman–Crippen MR) is 78.5 cm³/mol. The topological polar surface area (TPSA) is 47.3 Å². The highest BCUT2D eigenvalue weighted by Crippen LogP contribution is 2.38. The molecule has 0 amide bonds. The number of hydrazine groups is 1. The Balaban J connectivity index is 2.21. The van der Waals surface area contributed by atoms with E-state index in [-0.39, 0.29) is 11.6 Å².